The number of carboxylic acid groups (broad SMARTS) is 1. The number of nitrogens with one attached hydrogen (secondary N) is 1. The second-order valence-corrected chi connectivity index (χ2v) is 4.74. The van der Waals surface area contributed by atoms with Gasteiger partial charge in [0.1, 0.15) is 6.04 Å². The fraction of sp³-hybridized carbons (Fsp3) is 0.154. The van der Waals surface area contributed by atoms with E-state index in [0.29, 0.717) is 4.90 Å². The third-order valence-electron chi connectivity index (χ3n) is 3.31. The predicted molar refractivity (Wildman–Crippen MR) is 76.1 cm³/mol. The summed E-state index contributed by atoms with van der Waals surface area (Å²) in [6, 6.07) is 1.56. The van der Waals surface area contributed by atoms with Crippen LogP contribution in [0.15, 0.2) is 35.5 Å². The van der Waals surface area contributed by atoms with Gasteiger partial charge in [0.2, 0.25) is 0 Å². The molecule has 1 aromatic carbocycles. The second kappa shape index (κ2) is 5.75. The molecule has 4 amide bonds. The number of nitro groups is 1. The summed E-state index contributed by atoms with van der Waals surface area (Å²) in [6.07, 6.45) is 0. The first-order chi connectivity index (χ1) is 10.7. The zero-order chi connectivity index (χ0) is 17.3. The van der Waals surface area contributed by atoms with Crippen LogP contribution in [-0.2, 0) is 4.79 Å². The minimum atomic E-state index is -1.38. The quantitative estimate of drug-likeness (QED) is 0.559. The summed E-state index contributed by atoms with van der Waals surface area (Å²) in [5.74, 6) is -1.38. The highest BCUT2D eigenvalue weighted by molar-refractivity contribution is 6.00. The van der Waals surface area contributed by atoms with E-state index in [2.05, 4.69) is 5.32 Å². The Hall–Kier alpha value is -3.43. The molecule has 1 aliphatic heterocycles. The lowest BCUT2D eigenvalue weighted by Gasteiger charge is -2.34. The SMILES string of the molecule is CC1=C(C(=O)O)C(c2cccc([N+](=O)[O-])c2)N(C(N)=O)C(=O)N1. The van der Waals surface area contributed by atoms with Crippen molar-refractivity contribution in [1.29, 1.82) is 0 Å². The molecule has 2 rings (SSSR count). The number of nitrogens with zero attached hydrogens (tertiary/aromatic N) is 2. The van der Waals surface area contributed by atoms with Crippen LogP contribution >= 0.6 is 0 Å². The number of carboxylic acids is 1. The first-order valence-electron chi connectivity index (χ1n) is 6.32. The molecule has 1 atom stereocenters. The van der Waals surface area contributed by atoms with Crippen molar-refractivity contribution in [3.05, 3.63) is 51.2 Å². The number of imide groups is 1. The zero-order valence-electron chi connectivity index (χ0n) is 11.8. The van der Waals surface area contributed by atoms with Crippen LogP contribution in [0.2, 0.25) is 0 Å². The third-order valence-corrected chi connectivity index (χ3v) is 3.31. The number of aliphatic carboxylic acids is 1. The highest BCUT2D eigenvalue weighted by Crippen LogP contribution is 2.34. The van der Waals surface area contributed by atoms with Gasteiger partial charge in [-0.15, -0.1) is 0 Å². The Labute approximate surface area is 129 Å². The molecule has 1 aliphatic rings. The van der Waals surface area contributed by atoms with E-state index in [1.165, 1.54) is 25.1 Å². The summed E-state index contributed by atoms with van der Waals surface area (Å²) >= 11 is 0. The van der Waals surface area contributed by atoms with Gasteiger partial charge in [-0.3, -0.25) is 10.1 Å². The summed E-state index contributed by atoms with van der Waals surface area (Å²) < 4.78 is 0. The summed E-state index contributed by atoms with van der Waals surface area (Å²) in [4.78, 5) is 45.8. The van der Waals surface area contributed by atoms with Crippen molar-refractivity contribution in [2.45, 2.75) is 13.0 Å². The van der Waals surface area contributed by atoms with Gasteiger partial charge in [-0.25, -0.2) is 19.3 Å². The Balaban J connectivity index is 2.69. The van der Waals surface area contributed by atoms with Gasteiger partial charge >= 0.3 is 18.0 Å². The highest BCUT2D eigenvalue weighted by Gasteiger charge is 2.40. The standard InChI is InChI=1S/C13H12N4O6/c1-6-9(11(18)19)10(16(12(14)20)13(21)15-6)7-3-2-4-8(5-7)17(22)23/h2-5,10H,1H3,(H2,14,20)(H,15,21)(H,18,19). The number of amides is 4. The maximum Gasteiger partial charge on any atom is 0.335 e. The van der Waals surface area contributed by atoms with Crippen LogP contribution in [0, 0.1) is 10.1 Å². The molecule has 10 heteroatoms. The highest BCUT2D eigenvalue weighted by atomic mass is 16.6. The van der Waals surface area contributed by atoms with Crippen LogP contribution in [-0.4, -0.2) is 33.0 Å². The van der Waals surface area contributed by atoms with Gasteiger partial charge in [0, 0.05) is 17.8 Å². The van der Waals surface area contributed by atoms with Crippen LogP contribution in [0.5, 0.6) is 0 Å². The number of allylic oxidation sites excluding steroid dienone is 1. The molecule has 0 aromatic heterocycles. The first kappa shape index (κ1) is 15.9. The molecule has 0 radical (unpaired) electrons. The number of nitro benzene ring substituents is 1. The van der Waals surface area contributed by atoms with Gasteiger partial charge < -0.3 is 16.2 Å². The molecule has 0 aliphatic carbocycles. The van der Waals surface area contributed by atoms with Gasteiger partial charge in [0.25, 0.3) is 5.69 Å². The summed E-state index contributed by atoms with van der Waals surface area (Å²) in [6.45, 7) is 1.35. The van der Waals surface area contributed by atoms with Crippen molar-refractivity contribution >= 4 is 23.7 Å². The Morgan fingerprint density at radius 1 is 1.43 bits per heavy atom. The molecule has 1 unspecified atom stereocenters. The minimum Gasteiger partial charge on any atom is -0.478 e. The van der Waals surface area contributed by atoms with Crippen molar-refractivity contribution in [1.82, 2.24) is 10.2 Å². The lowest BCUT2D eigenvalue weighted by atomic mass is 9.94. The average Bonchev–Trinajstić information content (AvgIpc) is 2.45. The van der Waals surface area contributed by atoms with Crippen LogP contribution in [0.1, 0.15) is 18.5 Å². The molecule has 1 aromatic rings. The first-order valence-corrected chi connectivity index (χ1v) is 6.32. The van der Waals surface area contributed by atoms with Crippen molar-refractivity contribution in [3.8, 4) is 0 Å². The zero-order valence-corrected chi connectivity index (χ0v) is 11.8. The lowest BCUT2D eigenvalue weighted by Crippen LogP contribution is -2.53. The number of hydrogen-bond acceptors (Lipinski definition) is 5. The van der Waals surface area contributed by atoms with E-state index in [4.69, 9.17) is 5.73 Å². The van der Waals surface area contributed by atoms with Gasteiger partial charge in [-0.2, -0.15) is 0 Å². The van der Waals surface area contributed by atoms with E-state index in [-0.39, 0.29) is 22.5 Å². The van der Waals surface area contributed by atoms with Gasteiger partial charge in [0.05, 0.1) is 10.5 Å². The maximum atomic E-state index is 12.0. The van der Waals surface area contributed by atoms with Gasteiger partial charge in [0.15, 0.2) is 0 Å². The monoisotopic (exact) mass is 320 g/mol. The minimum absolute atomic E-state index is 0.0245. The van der Waals surface area contributed by atoms with E-state index < -0.39 is 29.0 Å². The van der Waals surface area contributed by atoms with Crippen LogP contribution in [0.25, 0.3) is 0 Å². The Morgan fingerprint density at radius 2 is 2.09 bits per heavy atom. The van der Waals surface area contributed by atoms with Crippen LogP contribution < -0.4 is 11.1 Å². The number of nitrogens with two attached hydrogens (primary N) is 1. The molecule has 10 nitrogen and oxygen atoms in total. The second-order valence-electron chi connectivity index (χ2n) is 4.74. The number of primary amides is 1. The number of carbonyl (C=O) groups is 3. The lowest BCUT2D eigenvalue weighted by molar-refractivity contribution is -0.384. The van der Waals surface area contributed by atoms with E-state index in [0.717, 1.165) is 6.07 Å². The topological polar surface area (TPSA) is 156 Å². The normalized spacial score (nSPS) is 17.7. The molecular weight excluding hydrogens is 308 g/mol. The number of carbonyl (C=O) groups excluding carboxylic acids is 2. The summed E-state index contributed by atoms with van der Waals surface area (Å²) in [5.41, 5.74) is 4.67. The van der Waals surface area contributed by atoms with E-state index in [9.17, 15) is 29.6 Å². The van der Waals surface area contributed by atoms with Crippen molar-refractivity contribution < 1.29 is 24.4 Å². The fourth-order valence-electron chi connectivity index (χ4n) is 2.37. The molecule has 23 heavy (non-hydrogen) atoms. The van der Waals surface area contributed by atoms with E-state index in [1.807, 2.05) is 0 Å². The molecule has 0 saturated carbocycles. The third kappa shape index (κ3) is 2.81. The fourth-order valence-corrected chi connectivity index (χ4v) is 2.37. The summed E-state index contributed by atoms with van der Waals surface area (Å²) in [7, 11) is 0. The molecule has 120 valence electrons. The molecule has 4 N–H and O–H groups in total. The Bertz CT molecular complexity index is 757. The summed E-state index contributed by atoms with van der Waals surface area (Å²) in [5, 5.41) is 22.5. The van der Waals surface area contributed by atoms with Gasteiger partial charge in [-0.1, -0.05) is 12.1 Å². The number of rotatable bonds is 3. The van der Waals surface area contributed by atoms with Crippen molar-refractivity contribution in [3.63, 3.8) is 0 Å². The van der Waals surface area contributed by atoms with E-state index >= 15 is 0 Å². The molecular formula is C13H12N4O6. The molecule has 0 saturated heterocycles. The van der Waals surface area contributed by atoms with Crippen molar-refractivity contribution in [2.75, 3.05) is 0 Å². The molecule has 1 heterocycles. The maximum absolute atomic E-state index is 12.0. The smallest absolute Gasteiger partial charge is 0.335 e. The average molecular weight is 320 g/mol. The van der Waals surface area contributed by atoms with Crippen LogP contribution in [0.3, 0.4) is 0 Å². The van der Waals surface area contributed by atoms with Crippen molar-refractivity contribution in [2.24, 2.45) is 5.73 Å². The molecule has 0 bridgehead atoms. The number of urea groups is 2. The van der Waals surface area contributed by atoms with E-state index in [1.54, 1.807) is 0 Å². The Kier molecular flexibility index (Phi) is 3.99. The number of benzene rings is 1. The Morgan fingerprint density at radius 3 is 2.61 bits per heavy atom. The van der Waals surface area contributed by atoms with Gasteiger partial charge in [-0.05, 0) is 12.5 Å². The largest absolute Gasteiger partial charge is 0.478 e. The molecule has 0 spiro atoms. The number of hydrogen-bond donors (Lipinski definition) is 3. The molecule has 0 fully saturated rings. The predicted octanol–water partition coefficient (Wildman–Crippen LogP) is 1.10. The van der Waals surface area contributed by atoms with Crippen LogP contribution in [0.4, 0.5) is 15.3 Å². The number of non-ortho nitro benzene ring substituents is 1.